The minimum atomic E-state index is 0.217. The average molecular weight is 248 g/mol. The Labute approximate surface area is 110 Å². The highest BCUT2D eigenvalue weighted by molar-refractivity contribution is 5.29. The first-order valence-corrected chi connectivity index (χ1v) is 6.89. The summed E-state index contributed by atoms with van der Waals surface area (Å²) >= 11 is 0. The minimum Gasteiger partial charge on any atom is -0.491 e. The number of nitrogens with two attached hydrogens (primary N) is 1. The average Bonchev–Trinajstić information content (AvgIpc) is 3.15. The number of hydrogen-bond donors (Lipinski definition) is 2. The molecule has 100 valence electrons. The Bertz CT molecular complexity index is 357. The van der Waals surface area contributed by atoms with E-state index in [0.717, 1.165) is 18.2 Å². The van der Waals surface area contributed by atoms with E-state index in [0.29, 0.717) is 6.54 Å². The molecule has 0 radical (unpaired) electrons. The van der Waals surface area contributed by atoms with Gasteiger partial charge in [0.15, 0.2) is 0 Å². The molecule has 3 nitrogen and oxygen atoms in total. The van der Waals surface area contributed by atoms with Gasteiger partial charge in [-0.3, -0.25) is 0 Å². The molecule has 1 atom stereocenters. The summed E-state index contributed by atoms with van der Waals surface area (Å²) in [6.45, 7) is 5.80. The van der Waals surface area contributed by atoms with Gasteiger partial charge in [-0.15, -0.1) is 0 Å². The van der Waals surface area contributed by atoms with E-state index < -0.39 is 0 Å². The second kappa shape index (κ2) is 6.21. The standard InChI is InChI=1S/C15H24N2O/c1-11(2)18-14-7-5-13(6-8-14)15(9-16)17-10-12-3-4-12/h5-8,11-12,15,17H,3-4,9-10,16H2,1-2H3. The smallest absolute Gasteiger partial charge is 0.119 e. The molecule has 1 aliphatic carbocycles. The molecular formula is C15H24N2O. The zero-order chi connectivity index (χ0) is 13.0. The molecule has 0 bridgehead atoms. The largest absolute Gasteiger partial charge is 0.491 e. The Morgan fingerprint density at radius 1 is 1.28 bits per heavy atom. The molecule has 1 unspecified atom stereocenters. The first kappa shape index (κ1) is 13.4. The summed E-state index contributed by atoms with van der Waals surface area (Å²) in [5, 5.41) is 3.54. The fourth-order valence-corrected chi connectivity index (χ4v) is 2.02. The highest BCUT2D eigenvalue weighted by Crippen LogP contribution is 2.28. The van der Waals surface area contributed by atoms with Gasteiger partial charge in [0.25, 0.3) is 0 Å². The van der Waals surface area contributed by atoms with Crippen molar-refractivity contribution in [1.29, 1.82) is 0 Å². The van der Waals surface area contributed by atoms with Crippen LogP contribution >= 0.6 is 0 Å². The van der Waals surface area contributed by atoms with Crippen molar-refractivity contribution >= 4 is 0 Å². The van der Waals surface area contributed by atoms with Crippen LogP contribution in [-0.2, 0) is 0 Å². The van der Waals surface area contributed by atoms with E-state index in [-0.39, 0.29) is 12.1 Å². The molecule has 18 heavy (non-hydrogen) atoms. The van der Waals surface area contributed by atoms with E-state index in [1.807, 2.05) is 26.0 Å². The lowest BCUT2D eigenvalue weighted by atomic mass is 10.1. The van der Waals surface area contributed by atoms with Gasteiger partial charge in [-0.1, -0.05) is 12.1 Å². The van der Waals surface area contributed by atoms with E-state index in [9.17, 15) is 0 Å². The monoisotopic (exact) mass is 248 g/mol. The van der Waals surface area contributed by atoms with Crippen molar-refractivity contribution in [3.05, 3.63) is 29.8 Å². The van der Waals surface area contributed by atoms with E-state index >= 15 is 0 Å². The maximum Gasteiger partial charge on any atom is 0.119 e. The van der Waals surface area contributed by atoms with Gasteiger partial charge in [0.2, 0.25) is 0 Å². The molecule has 0 heterocycles. The van der Waals surface area contributed by atoms with Gasteiger partial charge in [-0.25, -0.2) is 0 Å². The summed E-state index contributed by atoms with van der Waals surface area (Å²) in [4.78, 5) is 0. The fraction of sp³-hybridized carbons (Fsp3) is 0.600. The molecule has 3 N–H and O–H groups in total. The Morgan fingerprint density at radius 2 is 1.94 bits per heavy atom. The lowest BCUT2D eigenvalue weighted by Gasteiger charge is -2.18. The van der Waals surface area contributed by atoms with Crippen LogP contribution in [0.4, 0.5) is 0 Å². The number of benzene rings is 1. The van der Waals surface area contributed by atoms with Gasteiger partial charge in [-0.2, -0.15) is 0 Å². The van der Waals surface area contributed by atoms with Crippen LogP contribution in [0.5, 0.6) is 5.75 Å². The van der Waals surface area contributed by atoms with Crippen LogP contribution < -0.4 is 15.8 Å². The molecule has 0 saturated heterocycles. The summed E-state index contributed by atoms with van der Waals surface area (Å²) in [7, 11) is 0. The van der Waals surface area contributed by atoms with Crippen molar-refractivity contribution < 1.29 is 4.74 Å². The highest BCUT2D eigenvalue weighted by atomic mass is 16.5. The zero-order valence-electron chi connectivity index (χ0n) is 11.4. The van der Waals surface area contributed by atoms with Crippen LogP contribution in [0.1, 0.15) is 38.3 Å². The predicted octanol–water partition coefficient (Wildman–Crippen LogP) is 2.47. The summed E-state index contributed by atoms with van der Waals surface area (Å²) in [5.41, 5.74) is 7.08. The molecule has 0 amide bonds. The van der Waals surface area contributed by atoms with Crippen LogP contribution in [0.3, 0.4) is 0 Å². The summed E-state index contributed by atoms with van der Waals surface area (Å²) in [6, 6.07) is 8.52. The van der Waals surface area contributed by atoms with E-state index in [2.05, 4.69) is 17.4 Å². The summed E-state index contributed by atoms with van der Waals surface area (Å²) in [5.74, 6) is 1.80. The van der Waals surface area contributed by atoms with Crippen molar-refractivity contribution in [2.45, 2.75) is 38.8 Å². The quantitative estimate of drug-likeness (QED) is 0.779. The molecule has 1 aliphatic rings. The van der Waals surface area contributed by atoms with Crippen molar-refractivity contribution in [3.63, 3.8) is 0 Å². The highest BCUT2D eigenvalue weighted by Gasteiger charge is 2.22. The predicted molar refractivity (Wildman–Crippen MR) is 74.7 cm³/mol. The molecule has 1 aromatic carbocycles. The second-order valence-corrected chi connectivity index (χ2v) is 5.38. The van der Waals surface area contributed by atoms with Crippen molar-refractivity contribution in [1.82, 2.24) is 5.32 Å². The minimum absolute atomic E-state index is 0.217. The molecule has 0 aromatic heterocycles. The van der Waals surface area contributed by atoms with Gasteiger partial charge in [0, 0.05) is 12.6 Å². The molecule has 3 heteroatoms. The maximum atomic E-state index is 5.84. The molecule has 1 saturated carbocycles. The third-order valence-electron chi connectivity index (χ3n) is 3.24. The van der Waals surface area contributed by atoms with Crippen LogP contribution in [0.15, 0.2) is 24.3 Å². The number of hydrogen-bond acceptors (Lipinski definition) is 3. The van der Waals surface area contributed by atoms with Crippen LogP contribution in [0.25, 0.3) is 0 Å². The molecular weight excluding hydrogens is 224 g/mol. The van der Waals surface area contributed by atoms with Gasteiger partial charge in [-0.05, 0) is 56.8 Å². The number of nitrogens with one attached hydrogen (secondary N) is 1. The van der Waals surface area contributed by atoms with Gasteiger partial charge in [0.1, 0.15) is 5.75 Å². The third kappa shape index (κ3) is 4.00. The Kier molecular flexibility index (Phi) is 4.61. The lowest BCUT2D eigenvalue weighted by molar-refractivity contribution is 0.242. The Balaban J connectivity index is 1.92. The maximum absolute atomic E-state index is 5.84. The van der Waals surface area contributed by atoms with Gasteiger partial charge >= 0.3 is 0 Å². The van der Waals surface area contributed by atoms with Crippen molar-refractivity contribution in [2.24, 2.45) is 11.7 Å². The Morgan fingerprint density at radius 3 is 2.44 bits per heavy atom. The second-order valence-electron chi connectivity index (χ2n) is 5.38. The van der Waals surface area contributed by atoms with Crippen LogP contribution in [0, 0.1) is 5.92 Å². The molecule has 1 fully saturated rings. The van der Waals surface area contributed by atoms with E-state index in [4.69, 9.17) is 10.5 Å². The molecule has 2 rings (SSSR count). The fourth-order valence-electron chi connectivity index (χ4n) is 2.02. The first-order chi connectivity index (χ1) is 8.69. The van der Waals surface area contributed by atoms with Gasteiger partial charge in [0.05, 0.1) is 6.10 Å². The molecule has 0 aliphatic heterocycles. The number of ether oxygens (including phenoxy) is 1. The topological polar surface area (TPSA) is 47.3 Å². The van der Waals surface area contributed by atoms with Crippen molar-refractivity contribution in [3.8, 4) is 5.75 Å². The molecule has 0 spiro atoms. The number of rotatable bonds is 7. The van der Waals surface area contributed by atoms with E-state index in [1.165, 1.54) is 18.4 Å². The van der Waals surface area contributed by atoms with Gasteiger partial charge < -0.3 is 15.8 Å². The summed E-state index contributed by atoms with van der Waals surface area (Å²) in [6.07, 6.45) is 2.95. The molecule has 1 aromatic rings. The first-order valence-electron chi connectivity index (χ1n) is 6.89. The van der Waals surface area contributed by atoms with E-state index in [1.54, 1.807) is 0 Å². The third-order valence-corrected chi connectivity index (χ3v) is 3.24. The van der Waals surface area contributed by atoms with Crippen molar-refractivity contribution in [2.75, 3.05) is 13.1 Å². The Hall–Kier alpha value is -1.06. The van der Waals surface area contributed by atoms with Crippen LogP contribution in [0.2, 0.25) is 0 Å². The van der Waals surface area contributed by atoms with Crippen LogP contribution in [-0.4, -0.2) is 19.2 Å². The SMILES string of the molecule is CC(C)Oc1ccc(C(CN)NCC2CC2)cc1. The zero-order valence-corrected chi connectivity index (χ0v) is 11.4. The summed E-state index contributed by atoms with van der Waals surface area (Å²) < 4.78 is 5.64. The lowest BCUT2D eigenvalue weighted by Crippen LogP contribution is -2.29. The normalized spacial score (nSPS) is 16.9.